The number of rotatable bonds is 5. The SMILES string of the molecule is COc1ccc(Cl)cc1C(=O)OCC(=O)Nc1ccc(Br)c(C)c1. The number of halogens is 2. The number of nitrogens with one attached hydrogen (secondary N) is 1. The van der Waals surface area contributed by atoms with E-state index in [2.05, 4.69) is 21.2 Å². The minimum Gasteiger partial charge on any atom is -0.496 e. The lowest BCUT2D eigenvalue weighted by molar-refractivity contribution is -0.119. The molecule has 0 unspecified atom stereocenters. The second kappa shape index (κ2) is 8.17. The van der Waals surface area contributed by atoms with Gasteiger partial charge in [-0.2, -0.15) is 0 Å². The zero-order valence-electron chi connectivity index (χ0n) is 13.1. The van der Waals surface area contributed by atoms with E-state index in [-0.39, 0.29) is 5.56 Å². The van der Waals surface area contributed by atoms with Crippen molar-refractivity contribution in [3.05, 3.63) is 57.0 Å². The predicted molar refractivity (Wildman–Crippen MR) is 95.8 cm³/mol. The molecule has 7 heteroatoms. The van der Waals surface area contributed by atoms with Gasteiger partial charge in [-0.3, -0.25) is 4.79 Å². The Labute approximate surface area is 153 Å². The number of amides is 1. The fraction of sp³-hybridized carbons (Fsp3) is 0.176. The summed E-state index contributed by atoms with van der Waals surface area (Å²) in [5, 5.41) is 3.04. The zero-order chi connectivity index (χ0) is 17.7. The summed E-state index contributed by atoms with van der Waals surface area (Å²) in [5.74, 6) is -0.795. The summed E-state index contributed by atoms with van der Waals surface area (Å²) in [6.07, 6.45) is 0. The number of aryl methyl sites for hydroxylation is 1. The highest BCUT2D eigenvalue weighted by molar-refractivity contribution is 9.10. The van der Waals surface area contributed by atoms with Crippen LogP contribution >= 0.6 is 27.5 Å². The molecule has 0 saturated heterocycles. The Morgan fingerprint density at radius 1 is 1.21 bits per heavy atom. The second-order valence-corrected chi connectivity index (χ2v) is 6.22. The molecule has 0 aliphatic rings. The largest absolute Gasteiger partial charge is 0.496 e. The van der Waals surface area contributed by atoms with Crippen molar-refractivity contribution in [3.63, 3.8) is 0 Å². The molecule has 0 atom stereocenters. The van der Waals surface area contributed by atoms with Crippen molar-refractivity contribution in [1.29, 1.82) is 0 Å². The van der Waals surface area contributed by atoms with E-state index in [1.807, 2.05) is 19.1 Å². The minimum absolute atomic E-state index is 0.164. The molecule has 0 saturated carbocycles. The van der Waals surface area contributed by atoms with E-state index in [0.29, 0.717) is 16.5 Å². The first-order valence-electron chi connectivity index (χ1n) is 6.97. The lowest BCUT2D eigenvalue weighted by Gasteiger charge is -2.10. The maximum absolute atomic E-state index is 12.1. The number of esters is 1. The van der Waals surface area contributed by atoms with Gasteiger partial charge >= 0.3 is 5.97 Å². The fourth-order valence-corrected chi connectivity index (χ4v) is 2.39. The molecule has 2 aromatic carbocycles. The Hall–Kier alpha value is -2.05. The Morgan fingerprint density at radius 2 is 1.96 bits per heavy atom. The molecule has 24 heavy (non-hydrogen) atoms. The molecule has 0 bridgehead atoms. The van der Waals surface area contributed by atoms with Crippen molar-refractivity contribution in [3.8, 4) is 5.75 Å². The maximum Gasteiger partial charge on any atom is 0.342 e. The Kier molecular flexibility index (Phi) is 6.23. The van der Waals surface area contributed by atoms with Crippen LogP contribution in [0.25, 0.3) is 0 Å². The molecule has 2 aromatic rings. The third-order valence-electron chi connectivity index (χ3n) is 3.16. The van der Waals surface area contributed by atoms with Crippen LogP contribution in [0.5, 0.6) is 5.75 Å². The number of carbonyl (C=O) groups excluding carboxylic acids is 2. The summed E-state index contributed by atoms with van der Waals surface area (Å²) in [4.78, 5) is 24.0. The van der Waals surface area contributed by atoms with Crippen LogP contribution in [0.15, 0.2) is 40.9 Å². The van der Waals surface area contributed by atoms with Gasteiger partial charge in [0.1, 0.15) is 11.3 Å². The van der Waals surface area contributed by atoms with Gasteiger partial charge in [-0.1, -0.05) is 27.5 Å². The van der Waals surface area contributed by atoms with Gasteiger partial charge in [-0.15, -0.1) is 0 Å². The van der Waals surface area contributed by atoms with Crippen molar-refractivity contribution in [1.82, 2.24) is 0 Å². The van der Waals surface area contributed by atoms with Crippen molar-refractivity contribution >= 4 is 45.1 Å². The molecule has 0 spiro atoms. The molecular weight excluding hydrogens is 398 g/mol. The Balaban J connectivity index is 1.97. The number of carbonyl (C=O) groups is 2. The lowest BCUT2D eigenvalue weighted by atomic mass is 10.2. The molecule has 0 fully saturated rings. The van der Waals surface area contributed by atoms with E-state index in [1.54, 1.807) is 18.2 Å². The summed E-state index contributed by atoms with van der Waals surface area (Å²) in [6, 6.07) is 9.97. The average Bonchev–Trinajstić information content (AvgIpc) is 2.56. The van der Waals surface area contributed by atoms with Crippen molar-refractivity contribution in [2.75, 3.05) is 19.0 Å². The van der Waals surface area contributed by atoms with Gasteiger partial charge in [0.05, 0.1) is 7.11 Å². The molecule has 0 heterocycles. The Bertz CT molecular complexity index is 779. The van der Waals surface area contributed by atoms with E-state index in [4.69, 9.17) is 21.1 Å². The number of benzene rings is 2. The highest BCUT2D eigenvalue weighted by atomic mass is 79.9. The van der Waals surface area contributed by atoms with E-state index < -0.39 is 18.5 Å². The molecule has 0 radical (unpaired) electrons. The molecule has 0 aromatic heterocycles. The highest BCUT2D eigenvalue weighted by Gasteiger charge is 2.16. The van der Waals surface area contributed by atoms with E-state index in [0.717, 1.165) is 10.0 Å². The number of hydrogen-bond donors (Lipinski definition) is 1. The molecular formula is C17H15BrClNO4. The second-order valence-electron chi connectivity index (χ2n) is 4.93. The quantitative estimate of drug-likeness (QED) is 0.747. The summed E-state index contributed by atoms with van der Waals surface area (Å²) >= 11 is 9.25. The van der Waals surface area contributed by atoms with Gasteiger partial charge in [0.15, 0.2) is 6.61 Å². The maximum atomic E-state index is 12.1. The topological polar surface area (TPSA) is 64.6 Å². The molecule has 1 N–H and O–H groups in total. The van der Waals surface area contributed by atoms with Crippen LogP contribution in [0.3, 0.4) is 0 Å². The van der Waals surface area contributed by atoms with E-state index in [1.165, 1.54) is 13.2 Å². The van der Waals surface area contributed by atoms with Gasteiger partial charge in [0.2, 0.25) is 0 Å². The molecule has 0 aliphatic heterocycles. The van der Waals surface area contributed by atoms with E-state index in [9.17, 15) is 9.59 Å². The smallest absolute Gasteiger partial charge is 0.342 e. The summed E-state index contributed by atoms with van der Waals surface area (Å²) in [5.41, 5.74) is 1.77. The van der Waals surface area contributed by atoms with Crippen LogP contribution < -0.4 is 10.1 Å². The molecule has 0 aliphatic carbocycles. The highest BCUT2D eigenvalue weighted by Crippen LogP contribution is 2.23. The van der Waals surface area contributed by atoms with Crippen molar-refractivity contribution < 1.29 is 19.1 Å². The van der Waals surface area contributed by atoms with Crippen LogP contribution in [-0.2, 0) is 9.53 Å². The van der Waals surface area contributed by atoms with Crippen LogP contribution in [0.2, 0.25) is 5.02 Å². The fourth-order valence-electron chi connectivity index (χ4n) is 1.97. The third-order valence-corrected chi connectivity index (χ3v) is 4.28. The lowest BCUT2D eigenvalue weighted by Crippen LogP contribution is -2.21. The van der Waals surface area contributed by atoms with E-state index >= 15 is 0 Å². The monoisotopic (exact) mass is 411 g/mol. The first-order chi connectivity index (χ1) is 11.4. The standard InChI is InChI=1S/C17H15BrClNO4/c1-10-7-12(4-5-14(10)18)20-16(21)9-24-17(22)13-8-11(19)3-6-15(13)23-2/h3-8H,9H2,1-2H3,(H,20,21). The third kappa shape index (κ3) is 4.72. The summed E-state index contributed by atoms with van der Waals surface area (Å²) in [7, 11) is 1.43. The van der Waals surface area contributed by atoms with Crippen molar-refractivity contribution in [2.24, 2.45) is 0 Å². The number of anilines is 1. The number of hydrogen-bond acceptors (Lipinski definition) is 4. The predicted octanol–water partition coefficient (Wildman–Crippen LogP) is 4.22. The molecule has 1 amide bonds. The van der Waals surface area contributed by atoms with Crippen LogP contribution in [0, 0.1) is 6.92 Å². The van der Waals surface area contributed by atoms with Gasteiger partial charge < -0.3 is 14.8 Å². The van der Waals surface area contributed by atoms with Crippen LogP contribution in [0.4, 0.5) is 5.69 Å². The van der Waals surface area contributed by atoms with Gasteiger partial charge in [-0.05, 0) is 48.9 Å². The molecule has 2 rings (SSSR count). The zero-order valence-corrected chi connectivity index (χ0v) is 15.4. The minimum atomic E-state index is -0.684. The van der Waals surface area contributed by atoms with Gasteiger partial charge in [0.25, 0.3) is 5.91 Å². The summed E-state index contributed by atoms with van der Waals surface area (Å²) < 4.78 is 11.0. The van der Waals surface area contributed by atoms with Gasteiger partial charge in [0, 0.05) is 15.2 Å². The number of ether oxygens (including phenoxy) is 2. The first-order valence-corrected chi connectivity index (χ1v) is 8.14. The average molecular weight is 413 g/mol. The van der Waals surface area contributed by atoms with Crippen molar-refractivity contribution in [2.45, 2.75) is 6.92 Å². The molecule has 126 valence electrons. The van der Waals surface area contributed by atoms with Gasteiger partial charge in [-0.25, -0.2) is 4.79 Å². The summed E-state index contributed by atoms with van der Waals surface area (Å²) in [6.45, 7) is 1.49. The first kappa shape index (κ1) is 18.3. The number of methoxy groups -OCH3 is 1. The molecule has 5 nitrogen and oxygen atoms in total. The van der Waals surface area contributed by atoms with Crippen LogP contribution in [-0.4, -0.2) is 25.6 Å². The van der Waals surface area contributed by atoms with Crippen LogP contribution in [0.1, 0.15) is 15.9 Å². The Morgan fingerprint density at radius 3 is 2.62 bits per heavy atom. The normalized spacial score (nSPS) is 10.2.